The number of nitrogens with zero attached hydrogens (tertiary/aromatic N) is 1. The molecule has 3 N–H and O–H groups in total. The van der Waals surface area contributed by atoms with Crippen molar-refractivity contribution in [2.75, 3.05) is 11.1 Å². The predicted octanol–water partition coefficient (Wildman–Crippen LogP) is 5.20. The molecule has 1 aromatic heterocycles. The average molecular weight is 446 g/mol. The number of carbonyl (C=O) groups excluding carboxylic acids is 1. The molecular formula is C25H20FN3O2S. The highest BCUT2D eigenvalue weighted by molar-refractivity contribution is 7.85. The van der Waals surface area contributed by atoms with Gasteiger partial charge in [0.1, 0.15) is 5.82 Å². The van der Waals surface area contributed by atoms with E-state index in [1.54, 1.807) is 66.9 Å². The number of benzene rings is 3. The van der Waals surface area contributed by atoms with Crippen molar-refractivity contribution in [1.82, 2.24) is 4.98 Å². The molecule has 3 aromatic carbocycles. The zero-order chi connectivity index (χ0) is 22.7. The smallest absolute Gasteiger partial charge is 0.255 e. The number of pyridine rings is 1. The Kier molecular flexibility index (Phi) is 6.09. The van der Waals surface area contributed by atoms with E-state index >= 15 is 0 Å². The molecule has 7 heteroatoms. The Morgan fingerprint density at radius 1 is 0.906 bits per heavy atom. The zero-order valence-corrected chi connectivity index (χ0v) is 18.0. The maximum atomic E-state index is 13.2. The number of carbonyl (C=O) groups is 1. The lowest BCUT2D eigenvalue weighted by Gasteiger charge is -2.11. The molecule has 5 nitrogen and oxygen atoms in total. The molecule has 1 heterocycles. The number of nitrogens with one attached hydrogen (secondary N) is 1. The first-order valence-corrected chi connectivity index (χ1v) is 11.0. The number of hydrogen-bond acceptors (Lipinski definition) is 4. The normalized spacial score (nSPS) is 11.7. The van der Waals surface area contributed by atoms with E-state index in [1.807, 2.05) is 13.0 Å². The molecule has 0 aliphatic carbocycles. The third-order valence-electron chi connectivity index (χ3n) is 4.91. The third-order valence-corrected chi connectivity index (χ3v) is 6.28. The van der Waals surface area contributed by atoms with Crippen molar-refractivity contribution < 1.29 is 13.4 Å². The Morgan fingerprint density at radius 3 is 2.22 bits per heavy atom. The second kappa shape index (κ2) is 9.11. The first-order chi connectivity index (χ1) is 15.4. The Labute approximate surface area is 187 Å². The number of aromatic nitrogens is 1. The summed E-state index contributed by atoms with van der Waals surface area (Å²) in [6, 6.07) is 21.4. The number of rotatable bonds is 5. The standard InChI is InChI=1S/C25H20FN3O2S/c1-16-2-10-22(15-28-16)32(31)21-11-5-18(6-12-21)25(30)29-24-14-19(7-13-23(24)27)17-3-8-20(26)9-4-17/h2-15H,27H2,1H3,(H,29,30). The lowest BCUT2D eigenvalue weighted by atomic mass is 10.0. The van der Waals surface area contributed by atoms with Gasteiger partial charge in [-0.1, -0.05) is 18.2 Å². The van der Waals surface area contributed by atoms with Crippen molar-refractivity contribution in [2.45, 2.75) is 16.7 Å². The molecule has 0 saturated carbocycles. The van der Waals surface area contributed by atoms with E-state index in [-0.39, 0.29) is 11.7 Å². The monoisotopic (exact) mass is 445 g/mol. The molecular weight excluding hydrogens is 425 g/mol. The molecule has 0 radical (unpaired) electrons. The molecule has 4 aromatic rings. The number of aryl methyl sites for hydroxylation is 1. The van der Waals surface area contributed by atoms with Gasteiger partial charge < -0.3 is 11.1 Å². The van der Waals surface area contributed by atoms with Gasteiger partial charge >= 0.3 is 0 Å². The van der Waals surface area contributed by atoms with Crippen LogP contribution in [0.4, 0.5) is 15.8 Å². The van der Waals surface area contributed by atoms with Crippen LogP contribution in [0.3, 0.4) is 0 Å². The quantitative estimate of drug-likeness (QED) is 0.414. The van der Waals surface area contributed by atoms with Gasteiger partial charge in [-0.3, -0.25) is 9.78 Å². The Hall–Kier alpha value is -3.84. The number of amides is 1. The Balaban J connectivity index is 1.51. The van der Waals surface area contributed by atoms with Gasteiger partial charge in [-0.15, -0.1) is 0 Å². The Bertz CT molecular complexity index is 1290. The van der Waals surface area contributed by atoms with Gasteiger partial charge in [0.05, 0.1) is 27.1 Å². The van der Waals surface area contributed by atoms with Gasteiger partial charge in [0.25, 0.3) is 5.91 Å². The second-order valence-corrected chi connectivity index (χ2v) is 8.67. The van der Waals surface area contributed by atoms with Crippen LogP contribution in [0.1, 0.15) is 16.1 Å². The first-order valence-electron chi connectivity index (χ1n) is 9.82. The van der Waals surface area contributed by atoms with E-state index in [0.29, 0.717) is 26.7 Å². The van der Waals surface area contributed by atoms with Gasteiger partial charge in [-0.25, -0.2) is 8.60 Å². The summed E-state index contributed by atoms with van der Waals surface area (Å²) < 4.78 is 25.9. The van der Waals surface area contributed by atoms with E-state index in [2.05, 4.69) is 10.3 Å². The summed E-state index contributed by atoms with van der Waals surface area (Å²) in [7, 11) is -1.39. The summed E-state index contributed by atoms with van der Waals surface area (Å²) in [6.07, 6.45) is 1.59. The van der Waals surface area contributed by atoms with E-state index in [4.69, 9.17) is 5.73 Å². The summed E-state index contributed by atoms with van der Waals surface area (Å²) in [5.41, 5.74) is 9.75. The second-order valence-electron chi connectivity index (χ2n) is 7.19. The van der Waals surface area contributed by atoms with Crippen molar-refractivity contribution in [3.8, 4) is 11.1 Å². The van der Waals surface area contributed by atoms with Crippen molar-refractivity contribution >= 4 is 28.1 Å². The lowest BCUT2D eigenvalue weighted by molar-refractivity contribution is 0.102. The fourth-order valence-electron chi connectivity index (χ4n) is 3.11. The number of halogens is 1. The fraction of sp³-hybridized carbons (Fsp3) is 0.0400. The topological polar surface area (TPSA) is 85.1 Å². The van der Waals surface area contributed by atoms with Crippen LogP contribution in [-0.4, -0.2) is 15.1 Å². The molecule has 0 fully saturated rings. The van der Waals surface area contributed by atoms with Crippen LogP contribution in [0.2, 0.25) is 0 Å². The summed E-state index contributed by atoms with van der Waals surface area (Å²) in [5.74, 6) is -0.664. The number of nitrogen functional groups attached to an aromatic ring is 1. The van der Waals surface area contributed by atoms with E-state index in [9.17, 15) is 13.4 Å². The van der Waals surface area contributed by atoms with Gasteiger partial charge in [-0.05, 0) is 78.7 Å². The van der Waals surface area contributed by atoms with E-state index in [0.717, 1.165) is 16.8 Å². The molecule has 0 bridgehead atoms. The molecule has 1 unspecified atom stereocenters. The largest absolute Gasteiger partial charge is 0.397 e. The van der Waals surface area contributed by atoms with Crippen LogP contribution >= 0.6 is 0 Å². The Morgan fingerprint density at radius 2 is 1.56 bits per heavy atom. The third kappa shape index (κ3) is 4.73. The van der Waals surface area contributed by atoms with Crippen LogP contribution in [-0.2, 0) is 10.8 Å². The van der Waals surface area contributed by atoms with Crippen LogP contribution in [0.25, 0.3) is 11.1 Å². The summed E-state index contributed by atoms with van der Waals surface area (Å²) >= 11 is 0. The highest BCUT2D eigenvalue weighted by atomic mass is 32.2. The maximum absolute atomic E-state index is 13.2. The molecule has 4 rings (SSSR count). The minimum Gasteiger partial charge on any atom is -0.397 e. The van der Waals surface area contributed by atoms with Crippen LogP contribution in [0.15, 0.2) is 94.9 Å². The highest BCUT2D eigenvalue weighted by Gasteiger charge is 2.12. The minimum atomic E-state index is -1.39. The lowest BCUT2D eigenvalue weighted by Crippen LogP contribution is -2.13. The average Bonchev–Trinajstić information content (AvgIpc) is 2.81. The van der Waals surface area contributed by atoms with Gasteiger partial charge in [0.2, 0.25) is 0 Å². The number of anilines is 2. The zero-order valence-electron chi connectivity index (χ0n) is 17.2. The first kappa shape index (κ1) is 21.4. The molecule has 0 saturated heterocycles. The van der Waals surface area contributed by atoms with Gasteiger partial charge in [0.15, 0.2) is 0 Å². The molecule has 1 amide bonds. The highest BCUT2D eigenvalue weighted by Crippen LogP contribution is 2.28. The van der Waals surface area contributed by atoms with Gasteiger partial charge in [-0.2, -0.15) is 0 Å². The molecule has 0 aliphatic heterocycles. The fourth-order valence-corrected chi connectivity index (χ4v) is 4.11. The molecule has 0 spiro atoms. The van der Waals surface area contributed by atoms with Crippen molar-refractivity contribution in [2.24, 2.45) is 0 Å². The van der Waals surface area contributed by atoms with Crippen molar-refractivity contribution in [3.63, 3.8) is 0 Å². The van der Waals surface area contributed by atoms with Crippen LogP contribution in [0.5, 0.6) is 0 Å². The van der Waals surface area contributed by atoms with E-state index < -0.39 is 10.8 Å². The molecule has 1 atom stereocenters. The predicted molar refractivity (Wildman–Crippen MR) is 124 cm³/mol. The van der Waals surface area contributed by atoms with Gasteiger partial charge in [0, 0.05) is 22.3 Å². The van der Waals surface area contributed by atoms with Crippen LogP contribution in [0, 0.1) is 12.7 Å². The maximum Gasteiger partial charge on any atom is 0.255 e. The van der Waals surface area contributed by atoms with Crippen LogP contribution < -0.4 is 11.1 Å². The molecule has 0 aliphatic rings. The molecule has 32 heavy (non-hydrogen) atoms. The number of hydrogen-bond donors (Lipinski definition) is 2. The van der Waals surface area contributed by atoms with Crippen molar-refractivity contribution in [1.29, 1.82) is 0 Å². The molecule has 160 valence electrons. The minimum absolute atomic E-state index is 0.319. The summed E-state index contributed by atoms with van der Waals surface area (Å²) in [6.45, 7) is 1.86. The number of nitrogens with two attached hydrogens (primary N) is 1. The SMILES string of the molecule is Cc1ccc(S(=O)c2ccc(C(=O)Nc3cc(-c4ccc(F)cc4)ccc3N)cc2)cn1. The summed E-state index contributed by atoms with van der Waals surface area (Å²) in [5, 5.41) is 2.81. The summed E-state index contributed by atoms with van der Waals surface area (Å²) in [4.78, 5) is 18.1. The van der Waals surface area contributed by atoms with Crippen molar-refractivity contribution in [3.05, 3.63) is 102 Å². The van der Waals surface area contributed by atoms with E-state index in [1.165, 1.54) is 12.1 Å².